The molecule has 5 heteroatoms. The SMILES string of the molecule is CC(C)(C)[S@@](=O)N[C@@H](CCc1ccccc1)CCC1OCCCO1. The average molecular weight is 354 g/mol. The number of rotatable bonds is 8. The molecule has 0 aromatic heterocycles. The lowest BCUT2D eigenvalue weighted by molar-refractivity contribution is -0.182. The van der Waals surface area contributed by atoms with Crippen molar-refractivity contribution in [3.05, 3.63) is 35.9 Å². The number of aryl methyl sites for hydroxylation is 1. The predicted octanol–water partition coefficient (Wildman–Crippen LogP) is 3.58. The molecule has 136 valence electrons. The molecule has 1 saturated heterocycles. The van der Waals surface area contributed by atoms with Crippen molar-refractivity contribution in [2.45, 2.75) is 70.0 Å². The molecular weight excluding hydrogens is 322 g/mol. The molecule has 1 aromatic rings. The van der Waals surface area contributed by atoms with E-state index in [1.165, 1.54) is 5.56 Å². The van der Waals surface area contributed by atoms with E-state index in [0.29, 0.717) is 0 Å². The van der Waals surface area contributed by atoms with E-state index in [0.717, 1.165) is 45.3 Å². The molecule has 1 aliphatic heterocycles. The Bertz CT molecular complexity index is 495. The van der Waals surface area contributed by atoms with Gasteiger partial charge in [-0.1, -0.05) is 30.3 Å². The van der Waals surface area contributed by atoms with E-state index in [2.05, 4.69) is 29.0 Å². The summed E-state index contributed by atoms with van der Waals surface area (Å²) in [6, 6.07) is 10.6. The normalized spacial score (nSPS) is 19.1. The zero-order valence-corrected chi connectivity index (χ0v) is 15.9. The molecule has 1 heterocycles. The van der Waals surface area contributed by atoms with Gasteiger partial charge in [0.2, 0.25) is 0 Å². The number of hydrogen-bond donors (Lipinski definition) is 1. The van der Waals surface area contributed by atoms with Crippen LogP contribution in [0, 0.1) is 0 Å². The second kappa shape index (κ2) is 9.66. The third-order valence-corrected chi connectivity index (χ3v) is 5.76. The first kappa shape index (κ1) is 19.6. The van der Waals surface area contributed by atoms with Crippen LogP contribution in [-0.4, -0.2) is 34.5 Å². The topological polar surface area (TPSA) is 47.6 Å². The van der Waals surface area contributed by atoms with Crippen LogP contribution >= 0.6 is 0 Å². The van der Waals surface area contributed by atoms with E-state index in [1.807, 2.05) is 26.8 Å². The molecule has 0 spiro atoms. The molecule has 0 amide bonds. The Balaban J connectivity index is 1.88. The minimum absolute atomic E-state index is 0.108. The standard InChI is InChI=1S/C19H31NO3S/c1-19(2,3)24(21)20-17(11-10-16-8-5-4-6-9-16)12-13-18-22-14-7-15-23-18/h4-6,8-9,17-18,20H,7,10-15H2,1-3H3/t17-,24+/m0/s1. The van der Waals surface area contributed by atoms with E-state index in [-0.39, 0.29) is 17.1 Å². The molecule has 0 unspecified atom stereocenters. The Hall–Kier alpha value is -0.750. The van der Waals surface area contributed by atoms with Crippen molar-refractivity contribution in [2.24, 2.45) is 0 Å². The van der Waals surface area contributed by atoms with E-state index in [1.54, 1.807) is 0 Å². The van der Waals surface area contributed by atoms with E-state index in [4.69, 9.17) is 9.47 Å². The average Bonchev–Trinajstić information content (AvgIpc) is 2.58. The van der Waals surface area contributed by atoms with Crippen LogP contribution in [0.15, 0.2) is 30.3 Å². The molecule has 0 radical (unpaired) electrons. The van der Waals surface area contributed by atoms with E-state index < -0.39 is 11.0 Å². The van der Waals surface area contributed by atoms with Crippen molar-refractivity contribution >= 4 is 11.0 Å². The van der Waals surface area contributed by atoms with Crippen molar-refractivity contribution in [1.82, 2.24) is 4.72 Å². The number of ether oxygens (including phenoxy) is 2. The maximum atomic E-state index is 12.5. The summed E-state index contributed by atoms with van der Waals surface area (Å²) in [5, 5.41) is 0. The summed E-state index contributed by atoms with van der Waals surface area (Å²) in [5.74, 6) is 0. The Morgan fingerprint density at radius 1 is 1.17 bits per heavy atom. The number of nitrogens with one attached hydrogen (secondary N) is 1. The number of benzene rings is 1. The molecule has 2 atom stereocenters. The van der Waals surface area contributed by atoms with Gasteiger partial charge in [-0.2, -0.15) is 0 Å². The van der Waals surface area contributed by atoms with E-state index >= 15 is 0 Å². The zero-order valence-electron chi connectivity index (χ0n) is 15.1. The van der Waals surface area contributed by atoms with E-state index in [9.17, 15) is 4.21 Å². The summed E-state index contributed by atoms with van der Waals surface area (Å²) in [5.41, 5.74) is 1.32. The van der Waals surface area contributed by atoms with Gasteiger partial charge in [-0.25, -0.2) is 8.93 Å². The van der Waals surface area contributed by atoms with Gasteiger partial charge >= 0.3 is 0 Å². The summed E-state index contributed by atoms with van der Waals surface area (Å²) in [7, 11) is -1.06. The first-order valence-corrected chi connectivity index (χ1v) is 10.1. The van der Waals surface area contributed by atoms with Gasteiger partial charge < -0.3 is 9.47 Å². The molecule has 1 aliphatic rings. The Morgan fingerprint density at radius 3 is 2.46 bits per heavy atom. The number of hydrogen-bond acceptors (Lipinski definition) is 3. The van der Waals surface area contributed by atoms with Crippen LogP contribution in [0.25, 0.3) is 0 Å². The lowest BCUT2D eigenvalue weighted by Crippen LogP contribution is -2.40. The summed E-state index contributed by atoms with van der Waals surface area (Å²) < 4.78 is 26.8. The van der Waals surface area contributed by atoms with Gasteiger partial charge in [-0.15, -0.1) is 0 Å². The molecule has 1 aromatic carbocycles. The van der Waals surface area contributed by atoms with Crippen LogP contribution in [0.1, 0.15) is 52.0 Å². The van der Waals surface area contributed by atoms with Crippen molar-refractivity contribution in [1.29, 1.82) is 0 Å². The third kappa shape index (κ3) is 7.01. The second-order valence-corrected chi connectivity index (χ2v) is 9.32. The fraction of sp³-hybridized carbons (Fsp3) is 0.684. The largest absolute Gasteiger partial charge is 0.353 e. The molecule has 1 N–H and O–H groups in total. The summed E-state index contributed by atoms with van der Waals surface area (Å²) in [6.07, 6.45) is 4.54. The van der Waals surface area contributed by atoms with Crippen molar-refractivity contribution in [3.63, 3.8) is 0 Å². The third-order valence-electron chi connectivity index (χ3n) is 4.10. The van der Waals surface area contributed by atoms with Gasteiger partial charge in [0.1, 0.15) is 0 Å². The summed E-state index contributed by atoms with van der Waals surface area (Å²) >= 11 is 0. The quantitative estimate of drug-likeness (QED) is 0.777. The first-order chi connectivity index (χ1) is 11.4. The maximum absolute atomic E-state index is 12.5. The lowest BCUT2D eigenvalue weighted by atomic mass is 10.0. The fourth-order valence-electron chi connectivity index (χ4n) is 2.62. The minimum Gasteiger partial charge on any atom is -0.353 e. The van der Waals surface area contributed by atoms with Crippen molar-refractivity contribution in [3.8, 4) is 0 Å². The van der Waals surface area contributed by atoms with Crippen molar-refractivity contribution in [2.75, 3.05) is 13.2 Å². The monoisotopic (exact) mass is 353 g/mol. The molecule has 2 rings (SSSR count). The van der Waals surface area contributed by atoms with Gasteiger partial charge in [0.15, 0.2) is 6.29 Å². The highest BCUT2D eigenvalue weighted by Crippen LogP contribution is 2.17. The highest BCUT2D eigenvalue weighted by Gasteiger charge is 2.24. The molecular formula is C19H31NO3S. The maximum Gasteiger partial charge on any atom is 0.157 e. The summed E-state index contributed by atoms with van der Waals surface area (Å²) in [6.45, 7) is 7.55. The highest BCUT2D eigenvalue weighted by atomic mass is 32.2. The Morgan fingerprint density at radius 2 is 1.83 bits per heavy atom. The molecule has 4 nitrogen and oxygen atoms in total. The molecule has 0 bridgehead atoms. The Kier molecular flexibility index (Phi) is 7.88. The first-order valence-electron chi connectivity index (χ1n) is 8.90. The second-order valence-electron chi connectivity index (χ2n) is 7.32. The van der Waals surface area contributed by atoms with Gasteiger partial charge in [-0.05, 0) is 58.4 Å². The van der Waals surface area contributed by atoms with Crippen LogP contribution in [0.3, 0.4) is 0 Å². The smallest absolute Gasteiger partial charge is 0.157 e. The van der Waals surface area contributed by atoms with Gasteiger partial charge in [0.25, 0.3) is 0 Å². The molecule has 0 saturated carbocycles. The highest BCUT2D eigenvalue weighted by molar-refractivity contribution is 7.84. The summed E-state index contributed by atoms with van der Waals surface area (Å²) in [4.78, 5) is 0. The van der Waals surface area contributed by atoms with Crippen LogP contribution in [0.4, 0.5) is 0 Å². The molecule has 0 aliphatic carbocycles. The van der Waals surface area contributed by atoms with Gasteiger partial charge in [0.05, 0.1) is 28.9 Å². The molecule has 1 fully saturated rings. The molecule has 24 heavy (non-hydrogen) atoms. The fourth-order valence-corrected chi connectivity index (χ4v) is 3.51. The zero-order chi connectivity index (χ0) is 17.4. The van der Waals surface area contributed by atoms with Crippen LogP contribution in [0.5, 0.6) is 0 Å². The van der Waals surface area contributed by atoms with Crippen molar-refractivity contribution < 1.29 is 13.7 Å². The van der Waals surface area contributed by atoms with Gasteiger partial charge in [0, 0.05) is 6.04 Å². The minimum atomic E-state index is -1.06. The van der Waals surface area contributed by atoms with Gasteiger partial charge in [-0.3, -0.25) is 0 Å². The Labute approximate surface area is 148 Å². The van der Waals surface area contributed by atoms with Crippen LogP contribution in [-0.2, 0) is 26.9 Å². The lowest BCUT2D eigenvalue weighted by Gasteiger charge is -2.27. The van der Waals surface area contributed by atoms with Crippen LogP contribution < -0.4 is 4.72 Å². The van der Waals surface area contributed by atoms with Crippen LogP contribution in [0.2, 0.25) is 0 Å². The predicted molar refractivity (Wildman–Crippen MR) is 99.1 cm³/mol.